The summed E-state index contributed by atoms with van der Waals surface area (Å²) in [6.07, 6.45) is 0. The monoisotopic (exact) mass is 447 g/mol. The highest BCUT2D eigenvalue weighted by atomic mass is 15.1. The topological polar surface area (TPSA) is 22.8 Å². The average molecular weight is 448 g/mol. The zero-order chi connectivity index (χ0) is 22.9. The Kier molecular flexibility index (Phi) is 3.72. The van der Waals surface area contributed by atoms with Crippen LogP contribution in [-0.2, 0) is 6.54 Å². The average Bonchev–Trinajstić information content (AvgIpc) is 3.58. The maximum Gasteiger partial charge on any atom is 0.148 e. The largest absolute Gasteiger partial charge is 0.335 e. The molecule has 0 bridgehead atoms. The number of imidazole rings is 1. The molecule has 35 heavy (non-hydrogen) atoms. The van der Waals surface area contributed by atoms with Gasteiger partial charge in [-0.25, -0.2) is 4.98 Å². The van der Waals surface area contributed by atoms with Gasteiger partial charge in [-0.05, 0) is 46.7 Å². The van der Waals surface area contributed by atoms with Crippen molar-refractivity contribution in [2.45, 2.75) is 6.54 Å². The maximum absolute atomic E-state index is 5.26. The van der Waals surface area contributed by atoms with Gasteiger partial charge in [0.2, 0.25) is 0 Å². The first-order valence-electron chi connectivity index (χ1n) is 12.0. The van der Waals surface area contributed by atoms with Crippen LogP contribution in [0, 0.1) is 0 Å². The van der Waals surface area contributed by atoms with Crippen LogP contribution in [0.25, 0.3) is 61.0 Å². The molecule has 3 heterocycles. The van der Waals surface area contributed by atoms with Gasteiger partial charge in [-0.1, -0.05) is 84.9 Å². The van der Waals surface area contributed by atoms with Gasteiger partial charge in [-0.15, -0.1) is 0 Å². The molecule has 0 amide bonds. The molecule has 1 aliphatic rings. The smallest absolute Gasteiger partial charge is 0.148 e. The number of hydrogen-bond acceptors (Lipinski definition) is 1. The number of fused-ring (bicyclic) bond motifs is 8. The van der Waals surface area contributed by atoms with E-state index in [-0.39, 0.29) is 0 Å². The SMILES string of the molecule is c1ccc(-n2c(-c3c4n(c5ccccc35)Cc3ccc5ccccc5c3-4)nc3ccccc32)cc1. The summed E-state index contributed by atoms with van der Waals surface area (Å²) in [5, 5.41) is 3.82. The number of para-hydroxylation sites is 4. The molecule has 0 radical (unpaired) electrons. The molecule has 7 aromatic rings. The van der Waals surface area contributed by atoms with E-state index < -0.39 is 0 Å². The number of nitrogens with zero attached hydrogens (tertiary/aromatic N) is 3. The van der Waals surface area contributed by atoms with Crippen LogP contribution in [0.2, 0.25) is 0 Å². The molecular weight excluding hydrogens is 426 g/mol. The van der Waals surface area contributed by atoms with E-state index in [1.165, 1.54) is 44.1 Å². The van der Waals surface area contributed by atoms with Gasteiger partial charge in [0.1, 0.15) is 5.82 Å². The number of hydrogen-bond donors (Lipinski definition) is 0. The van der Waals surface area contributed by atoms with E-state index in [0.717, 1.165) is 29.1 Å². The van der Waals surface area contributed by atoms with Crippen molar-refractivity contribution in [3.8, 4) is 28.3 Å². The second-order valence-corrected chi connectivity index (χ2v) is 9.24. The van der Waals surface area contributed by atoms with Crippen molar-refractivity contribution < 1.29 is 0 Å². The molecule has 0 spiro atoms. The lowest BCUT2D eigenvalue weighted by atomic mass is 9.95. The zero-order valence-corrected chi connectivity index (χ0v) is 19.0. The van der Waals surface area contributed by atoms with Crippen molar-refractivity contribution >= 4 is 32.7 Å². The molecule has 3 nitrogen and oxygen atoms in total. The molecule has 0 aliphatic carbocycles. The summed E-state index contributed by atoms with van der Waals surface area (Å²) >= 11 is 0. The Morgan fingerprint density at radius 1 is 0.571 bits per heavy atom. The third kappa shape index (κ3) is 2.52. The van der Waals surface area contributed by atoms with Crippen LogP contribution in [-0.4, -0.2) is 14.1 Å². The van der Waals surface area contributed by atoms with Gasteiger partial charge in [-0.2, -0.15) is 0 Å². The number of rotatable bonds is 2. The van der Waals surface area contributed by atoms with Crippen LogP contribution in [0.5, 0.6) is 0 Å². The van der Waals surface area contributed by atoms with Crippen LogP contribution in [0.4, 0.5) is 0 Å². The van der Waals surface area contributed by atoms with E-state index >= 15 is 0 Å². The molecule has 5 aromatic carbocycles. The first kappa shape index (κ1) is 18.8. The molecule has 0 saturated carbocycles. The van der Waals surface area contributed by atoms with E-state index in [2.05, 4.69) is 124 Å². The molecule has 8 rings (SSSR count). The zero-order valence-electron chi connectivity index (χ0n) is 19.0. The van der Waals surface area contributed by atoms with Gasteiger partial charge < -0.3 is 4.57 Å². The summed E-state index contributed by atoms with van der Waals surface area (Å²) < 4.78 is 4.80. The lowest BCUT2D eigenvalue weighted by Gasteiger charge is -2.12. The van der Waals surface area contributed by atoms with Crippen molar-refractivity contribution in [1.29, 1.82) is 0 Å². The van der Waals surface area contributed by atoms with Crippen LogP contribution in [0.1, 0.15) is 5.56 Å². The minimum Gasteiger partial charge on any atom is -0.335 e. The van der Waals surface area contributed by atoms with Gasteiger partial charge >= 0.3 is 0 Å². The predicted molar refractivity (Wildman–Crippen MR) is 144 cm³/mol. The highest BCUT2D eigenvalue weighted by Gasteiger charge is 2.31. The fraction of sp³-hybridized carbons (Fsp3) is 0.0312. The molecule has 1 aliphatic heterocycles. The minimum atomic E-state index is 0.877. The Bertz CT molecular complexity index is 1920. The standard InChI is InChI=1S/C32H21N3/c1-2-11-23(12-3-1)35-28-17-9-7-15-26(28)33-32(35)30-25-14-6-8-16-27(25)34-20-22-19-18-21-10-4-5-13-24(21)29(22)31(30)34/h1-19H,20H2. The van der Waals surface area contributed by atoms with Crippen molar-refractivity contribution in [3.63, 3.8) is 0 Å². The highest BCUT2D eigenvalue weighted by molar-refractivity contribution is 6.11. The van der Waals surface area contributed by atoms with Crippen LogP contribution >= 0.6 is 0 Å². The first-order chi connectivity index (χ1) is 17.4. The van der Waals surface area contributed by atoms with E-state index in [1.807, 2.05) is 0 Å². The van der Waals surface area contributed by atoms with Crippen molar-refractivity contribution in [1.82, 2.24) is 14.1 Å². The Labute approximate surface area is 202 Å². The van der Waals surface area contributed by atoms with Gasteiger partial charge in [0.15, 0.2) is 0 Å². The van der Waals surface area contributed by atoms with Crippen molar-refractivity contribution in [2.24, 2.45) is 0 Å². The lowest BCUT2D eigenvalue weighted by Crippen LogP contribution is -1.98. The lowest BCUT2D eigenvalue weighted by molar-refractivity contribution is 0.887. The highest BCUT2D eigenvalue weighted by Crippen LogP contribution is 2.49. The summed E-state index contributed by atoms with van der Waals surface area (Å²) in [4.78, 5) is 5.26. The van der Waals surface area contributed by atoms with E-state index in [9.17, 15) is 0 Å². The summed E-state index contributed by atoms with van der Waals surface area (Å²) in [6.45, 7) is 0.877. The fourth-order valence-corrected chi connectivity index (χ4v) is 5.88. The van der Waals surface area contributed by atoms with Gasteiger partial charge in [0, 0.05) is 28.7 Å². The first-order valence-corrected chi connectivity index (χ1v) is 12.0. The van der Waals surface area contributed by atoms with E-state index in [0.29, 0.717) is 0 Å². The van der Waals surface area contributed by atoms with Gasteiger partial charge in [0.25, 0.3) is 0 Å². The van der Waals surface area contributed by atoms with Crippen LogP contribution < -0.4 is 0 Å². The molecule has 0 unspecified atom stereocenters. The third-order valence-corrected chi connectivity index (χ3v) is 7.35. The van der Waals surface area contributed by atoms with Gasteiger partial charge in [-0.3, -0.25) is 4.57 Å². The summed E-state index contributed by atoms with van der Waals surface area (Å²) in [6, 6.07) is 41.1. The third-order valence-electron chi connectivity index (χ3n) is 7.35. The molecule has 0 N–H and O–H groups in total. The summed E-state index contributed by atoms with van der Waals surface area (Å²) in [7, 11) is 0. The van der Waals surface area contributed by atoms with Crippen molar-refractivity contribution in [2.75, 3.05) is 0 Å². The fourth-order valence-electron chi connectivity index (χ4n) is 5.88. The second-order valence-electron chi connectivity index (χ2n) is 9.24. The number of benzene rings is 5. The summed E-state index contributed by atoms with van der Waals surface area (Å²) in [5.74, 6) is 0.989. The molecule has 0 saturated heterocycles. The molecular formula is C32H21N3. The Morgan fingerprint density at radius 2 is 1.29 bits per heavy atom. The number of aromatic nitrogens is 3. The van der Waals surface area contributed by atoms with Gasteiger partial charge in [0.05, 0.1) is 22.3 Å². The van der Waals surface area contributed by atoms with E-state index in [1.54, 1.807) is 0 Å². The summed E-state index contributed by atoms with van der Waals surface area (Å²) in [5.41, 5.74) is 9.68. The second kappa shape index (κ2) is 6.94. The van der Waals surface area contributed by atoms with Crippen molar-refractivity contribution in [3.05, 3.63) is 121 Å². The Morgan fingerprint density at radius 3 is 2.17 bits per heavy atom. The Balaban J connectivity index is 1.56. The molecule has 0 atom stereocenters. The normalized spacial score (nSPS) is 12.5. The quantitative estimate of drug-likeness (QED) is 0.265. The molecule has 3 heteroatoms. The molecule has 164 valence electrons. The predicted octanol–water partition coefficient (Wildman–Crippen LogP) is 7.83. The minimum absolute atomic E-state index is 0.877. The van der Waals surface area contributed by atoms with E-state index in [4.69, 9.17) is 4.98 Å². The molecule has 0 fully saturated rings. The van der Waals surface area contributed by atoms with Crippen LogP contribution in [0.3, 0.4) is 0 Å². The van der Waals surface area contributed by atoms with Crippen LogP contribution in [0.15, 0.2) is 115 Å². The Hall–Kier alpha value is -4.63. The maximum atomic E-state index is 5.26. The molecule has 2 aromatic heterocycles.